The molecule has 0 radical (unpaired) electrons. The molecule has 0 unspecified atom stereocenters. The Morgan fingerprint density at radius 2 is 1.68 bits per heavy atom. The van der Waals surface area contributed by atoms with Crippen molar-refractivity contribution in [3.63, 3.8) is 0 Å². The third-order valence-corrected chi connectivity index (χ3v) is 5.23. The van der Waals surface area contributed by atoms with Gasteiger partial charge in [-0.1, -0.05) is 30.3 Å². The number of anilines is 2. The van der Waals surface area contributed by atoms with Gasteiger partial charge >= 0.3 is 5.97 Å². The average Bonchev–Trinajstić information content (AvgIpc) is 2.75. The summed E-state index contributed by atoms with van der Waals surface area (Å²) in [5.74, 6) is -1.75. The molecular weight excluding hydrogens is 400 g/mol. The minimum absolute atomic E-state index is 0.0680. The maximum Gasteiger partial charge on any atom is 0.359 e. The van der Waals surface area contributed by atoms with Crippen molar-refractivity contribution in [3.05, 3.63) is 64.6 Å². The molecule has 3 aromatic rings. The monoisotopic (exact) mass is 420 g/mol. The fourth-order valence-electron chi connectivity index (χ4n) is 3.61. The van der Waals surface area contributed by atoms with Crippen LogP contribution >= 0.6 is 0 Å². The minimum Gasteiger partial charge on any atom is -0.451 e. The smallest absolute Gasteiger partial charge is 0.359 e. The minimum atomic E-state index is -1.18. The molecule has 0 atom stereocenters. The number of hydrogen-bond donors (Lipinski definition) is 1. The van der Waals surface area contributed by atoms with Crippen LogP contribution in [-0.4, -0.2) is 39.7 Å². The summed E-state index contributed by atoms with van der Waals surface area (Å²) in [6.07, 6.45) is 0. The first-order valence-corrected chi connectivity index (χ1v) is 9.58. The lowest BCUT2D eigenvalue weighted by atomic mass is 9.96. The van der Waals surface area contributed by atoms with Crippen LogP contribution in [0.5, 0.6) is 0 Å². The fraction of sp³-hybridized carbons (Fsp3) is 0.227. The Bertz CT molecular complexity index is 1290. The highest BCUT2D eigenvalue weighted by Gasteiger charge is 2.43. The van der Waals surface area contributed by atoms with Gasteiger partial charge in [0.2, 0.25) is 5.91 Å². The number of aromatic nitrogens is 2. The number of ether oxygens (including phenoxy) is 1. The number of fused-ring (bicyclic) bond motifs is 2. The second-order valence-corrected chi connectivity index (χ2v) is 7.66. The number of carbonyl (C=O) groups excluding carboxylic acids is 3. The Hall–Kier alpha value is -4.01. The number of para-hydroxylation sites is 2. The van der Waals surface area contributed by atoms with E-state index in [0.717, 1.165) is 4.68 Å². The van der Waals surface area contributed by atoms with Gasteiger partial charge in [-0.15, -0.1) is 0 Å². The van der Waals surface area contributed by atoms with E-state index in [9.17, 15) is 19.2 Å². The van der Waals surface area contributed by atoms with E-state index in [4.69, 9.17) is 4.74 Å². The van der Waals surface area contributed by atoms with E-state index in [2.05, 4.69) is 10.4 Å². The molecule has 158 valence electrons. The van der Waals surface area contributed by atoms with E-state index < -0.39 is 24.0 Å². The summed E-state index contributed by atoms with van der Waals surface area (Å²) in [6.45, 7) is 2.63. The highest BCUT2D eigenvalue weighted by Crippen LogP contribution is 2.36. The third-order valence-electron chi connectivity index (χ3n) is 5.23. The topological polar surface area (TPSA) is 111 Å². The highest BCUT2D eigenvalue weighted by atomic mass is 16.5. The Balaban J connectivity index is 1.62. The van der Waals surface area contributed by atoms with Crippen molar-refractivity contribution in [3.8, 4) is 0 Å². The molecule has 0 saturated heterocycles. The number of amides is 2. The van der Waals surface area contributed by atoms with Crippen LogP contribution in [0, 0.1) is 0 Å². The van der Waals surface area contributed by atoms with E-state index in [1.165, 1.54) is 11.9 Å². The van der Waals surface area contributed by atoms with Crippen molar-refractivity contribution >= 4 is 39.9 Å². The van der Waals surface area contributed by atoms with Gasteiger partial charge in [0.25, 0.3) is 11.5 Å². The van der Waals surface area contributed by atoms with Crippen LogP contribution in [0.1, 0.15) is 24.3 Å². The van der Waals surface area contributed by atoms with Gasteiger partial charge in [-0.2, -0.15) is 5.10 Å². The Labute approximate surface area is 177 Å². The van der Waals surface area contributed by atoms with Crippen molar-refractivity contribution in [2.45, 2.75) is 19.4 Å². The van der Waals surface area contributed by atoms with Gasteiger partial charge in [0.1, 0.15) is 5.54 Å². The first kappa shape index (κ1) is 20.3. The fourth-order valence-corrected chi connectivity index (χ4v) is 3.61. The second kappa shape index (κ2) is 7.35. The molecule has 4 rings (SSSR count). The van der Waals surface area contributed by atoms with Crippen LogP contribution in [0.3, 0.4) is 0 Å². The number of nitrogens with zero attached hydrogens (tertiary/aromatic N) is 3. The molecule has 0 fully saturated rings. The second-order valence-electron chi connectivity index (χ2n) is 7.66. The zero-order chi connectivity index (χ0) is 22.3. The molecule has 0 saturated carbocycles. The maximum absolute atomic E-state index is 13.0. The molecule has 1 aliphatic heterocycles. The van der Waals surface area contributed by atoms with Gasteiger partial charge < -0.3 is 10.1 Å². The lowest BCUT2D eigenvalue weighted by Crippen LogP contribution is -2.59. The summed E-state index contributed by atoms with van der Waals surface area (Å²) in [5, 5.41) is 7.44. The third kappa shape index (κ3) is 3.33. The zero-order valence-electron chi connectivity index (χ0n) is 17.2. The van der Waals surface area contributed by atoms with Crippen molar-refractivity contribution in [1.29, 1.82) is 0 Å². The number of esters is 1. The first-order valence-electron chi connectivity index (χ1n) is 9.58. The Morgan fingerprint density at radius 3 is 2.42 bits per heavy atom. The van der Waals surface area contributed by atoms with E-state index >= 15 is 0 Å². The van der Waals surface area contributed by atoms with Gasteiger partial charge in [-0.25, -0.2) is 9.48 Å². The normalized spacial score (nSPS) is 14.7. The van der Waals surface area contributed by atoms with Crippen molar-refractivity contribution in [1.82, 2.24) is 9.78 Å². The van der Waals surface area contributed by atoms with Gasteiger partial charge in [0, 0.05) is 12.4 Å². The lowest BCUT2D eigenvalue weighted by Gasteiger charge is -2.41. The van der Waals surface area contributed by atoms with Crippen LogP contribution in [0.25, 0.3) is 10.8 Å². The van der Waals surface area contributed by atoms with Crippen LogP contribution in [0.4, 0.5) is 11.4 Å². The number of rotatable bonds is 3. The molecule has 0 bridgehead atoms. The van der Waals surface area contributed by atoms with Crippen molar-refractivity contribution < 1.29 is 19.1 Å². The van der Waals surface area contributed by atoms with Crippen molar-refractivity contribution in [2.24, 2.45) is 7.05 Å². The summed E-state index contributed by atoms with van der Waals surface area (Å²) in [4.78, 5) is 51.8. The largest absolute Gasteiger partial charge is 0.451 e. The van der Waals surface area contributed by atoms with Gasteiger partial charge in [0.05, 0.1) is 16.8 Å². The van der Waals surface area contributed by atoms with Crippen LogP contribution in [-0.2, 0) is 21.4 Å². The average molecular weight is 420 g/mol. The molecule has 0 aliphatic carbocycles. The molecule has 2 aromatic carbocycles. The van der Waals surface area contributed by atoms with E-state index in [-0.39, 0.29) is 17.2 Å². The van der Waals surface area contributed by atoms with Gasteiger partial charge in [0.15, 0.2) is 12.3 Å². The molecule has 1 aromatic heterocycles. The molecule has 2 heterocycles. The number of carbonyl (C=O) groups is 3. The predicted molar refractivity (Wildman–Crippen MR) is 114 cm³/mol. The number of hydrogen-bond acceptors (Lipinski definition) is 6. The summed E-state index contributed by atoms with van der Waals surface area (Å²) in [7, 11) is 1.43. The predicted octanol–water partition coefficient (Wildman–Crippen LogP) is 1.85. The van der Waals surface area contributed by atoms with Gasteiger partial charge in [-0.05, 0) is 32.0 Å². The number of benzene rings is 2. The van der Waals surface area contributed by atoms with E-state index in [1.54, 1.807) is 62.4 Å². The number of nitrogens with one attached hydrogen (secondary N) is 1. The van der Waals surface area contributed by atoms with Crippen LogP contribution < -0.4 is 15.8 Å². The molecule has 0 spiro atoms. The first-order chi connectivity index (χ1) is 14.7. The van der Waals surface area contributed by atoms with Crippen LogP contribution in [0.15, 0.2) is 53.3 Å². The van der Waals surface area contributed by atoms with Crippen LogP contribution in [0.2, 0.25) is 0 Å². The quantitative estimate of drug-likeness (QED) is 0.648. The van der Waals surface area contributed by atoms with E-state index in [0.29, 0.717) is 22.1 Å². The zero-order valence-corrected chi connectivity index (χ0v) is 17.2. The molecule has 2 amide bonds. The summed E-state index contributed by atoms with van der Waals surface area (Å²) in [5.41, 5.74) is -0.585. The lowest BCUT2D eigenvalue weighted by molar-refractivity contribution is -0.128. The SMILES string of the molecule is Cn1nc(C(=O)OCC(=O)N2c3ccccc3NC(=O)C2(C)C)c2ccccc2c1=O. The number of aryl methyl sites for hydroxylation is 1. The summed E-state index contributed by atoms with van der Waals surface area (Å²) in [6, 6.07) is 13.4. The van der Waals surface area contributed by atoms with Gasteiger partial charge in [-0.3, -0.25) is 19.3 Å². The molecule has 1 N–H and O–H groups in total. The van der Waals surface area contributed by atoms with Crippen molar-refractivity contribution in [2.75, 3.05) is 16.8 Å². The standard InChI is InChI=1S/C22H20N4O5/c1-22(2)21(30)23-15-10-6-7-11-16(15)26(22)17(27)12-31-20(29)18-13-8-4-5-9-14(13)19(28)25(3)24-18/h4-11H,12H2,1-3H3,(H,23,30). The highest BCUT2D eigenvalue weighted by molar-refractivity contribution is 6.14. The molecular formula is C22H20N4O5. The maximum atomic E-state index is 13.0. The molecule has 1 aliphatic rings. The Kier molecular flexibility index (Phi) is 4.81. The Morgan fingerprint density at radius 1 is 1.03 bits per heavy atom. The molecule has 31 heavy (non-hydrogen) atoms. The van der Waals surface area contributed by atoms with E-state index in [1.807, 2.05) is 0 Å². The summed E-state index contributed by atoms with van der Waals surface area (Å²) >= 11 is 0. The summed E-state index contributed by atoms with van der Waals surface area (Å²) < 4.78 is 6.30. The molecule has 9 nitrogen and oxygen atoms in total. The molecule has 9 heteroatoms.